The van der Waals surface area contributed by atoms with Gasteiger partial charge in [0.1, 0.15) is 0 Å². The molecule has 108 valence electrons. The van der Waals surface area contributed by atoms with Crippen LogP contribution in [0.1, 0.15) is 19.4 Å². The van der Waals surface area contributed by atoms with Crippen molar-refractivity contribution in [1.82, 2.24) is 4.72 Å². The second kappa shape index (κ2) is 5.80. The quantitative estimate of drug-likeness (QED) is 0.895. The smallest absolute Gasteiger partial charge is 0.211 e. The number of sulfonamides is 1. The van der Waals surface area contributed by atoms with E-state index in [4.69, 9.17) is 0 Å². The average Bonchev–Trinajstić information content (AvgIpc) is 2.24. The molecule has 0 saturated heterocycles. The molecule has 1 N–H and O–H groups in total. The van der Waals surface area contributed by atoms with E-state index in [1.807, 2.05) is 0 Å². The highest BCUT2D eigenvalue weighted by molar-refractivity contribution is 9.10. The van der Waals surface area contributed by atoms with Gasteiger partial charge in [-0.25, -0.2) is 13.1 Å². The maximum atomic E-state index is 12.6. The summed E-state index contributed by atoms with van der Waals surface area (Å²) in [6, 6.07) is 2.59. The van der Waals surface area contributed by atoms with Crippen LogP contribution in [0.2, 0.25) is 0 Å². The molecule has 1 aromatic rings. The van der Waals surface area contributed by atoms with Crippen molar-refractivity contribution in [3.8, 4) is 0 Å². The first-order valence-corrected chi connectivity index (χ1v) is 7.67. The lowest BCUT2D eigenvalue weighted by Crippen LogP contribution is -2.27. The minimum Gasteiger partial charge on any atom is -0.211 e. The highest BCUT2D eigenvalue weighted by Gasteiger charge is 2.32. The molecule has 0 unspecified atom stereocenters. The van der Waals surface area contributed by atoms with E-state index in [1.54, 1.807) is 13.8 Å². The lowest BCUT2D eigenvalue weighted by Gasteiger charge is -2.12. The number of nitrogens with one attached hydrogen (secondary N) is 1. The van der Waals surface area contributed by atoms with E-state index >= 15 is 0 Å². The van der Waals surface area contributed by atoms with E-state index in [9.17, 15) is 21.6 Å². The SMILES string of the molecule is CC(C)CNS(=O)(=O)c1cc(Br)cc(C(F)(F)F)c1. The standard InChI is InChI=1S/C11H13BrF3NO2S/c1-7(2)6-16-19(17,18)10-4-8(11(13,14)15)3-9(12)5-10/h3-5,7,16H,6H2,1-2H3. The Morgan fingerprint density at radius 2 is 1.84 bits per heavy atom. The Kier molecular flexibility index (Phi) is 5.02. The predicted octanol–water partition coefficient (Wildman–Crippen LogP) is 3.40. The predicted molar refractivity (Wildman–Crippen MR) is 69.2 cm³/mol. The Labute approximate surface area is 118 Å². The van der Waals surface area contributed by atoms with Crippen molar-refractivity contribution < 1.29 is 21.6 Å². The van der Waals surface area contributed by atoms with Crippen molar-refractivity contribution in [2.75, 3.05) is 6.54 Å². The molecule has 1 rings (SSSR count). The summed E-state index contributed by atoms with van der Waals surface area (Å²) in [5.74, 6) is 0.0593. The van der Waals surface area contributed by atoms with Gasteiger partial charge in [0.25, 0.3) is 0 Å². The first-order valence-electron chi connectivity index (χ1n) is 5.40. The lowest BCUT2D eigenvalue weighted by molar-refractivity contribution is -0.137. The summed E-state index contributed by atoms with van der Waals surface area (Å²) in [6.07, 6.45) is -4.59. The molecule has 0 bridgehead atoms. The van der Waals surface area contributed by atoms with Crippen molar-refractivity contribution in [2.24, 2.45) is 5.92 Å². The molecule has 0 aliphatic carbocycles. The van der Waals surface area contributed by atoms with Crippen LogP contribution in [0.25, 0.3) is 0 Å². The Morgan fingerprint density at radius 3 is 2.32 bits per heavy atom. The number of hydrogen-bond donors (Lipinski definition) is 1. The zero-order valence-corrected chi connectivity index (χ0v) is 12.7. The topological polar surface area (TPSA) is 46.2 Å². The maximum Gasteiger partial charge on any atom is 0.416 e. The molecule has 0 aliphatic rings. The fourth-order valence-electron chi connectivity index (χ4n) is 1.24. The maximum absolute atomic E-state index is 12.6. The van der Waals surface area contributed by atoms with Gasteiger partial charge < -0.3 is 0 Å². The molecule has 0 heterocycles. The molecule has 19 heavy (non-hydrogen) atoms. The summed E-state index contributed by atoms with van der Waals surface area (Å²) in [5, 5.41) is 0. The van der Waals surface area contributed by atoms with Crippen LogP contribution in [-0.2, 0) is 16.2 Å². The van der Waals surface area contributed by atoms with Gasteiger partial charge in [-0.15, -0.1) is 0 Å². The van der Waals surface area contributed by atoms with Gasteiger partial charge in [0.15, 0.2) is 0 Å². The van der Waals surface area contributed by atoms with Crippen LogP contribution in [-0.4, -0.2) is 15.0 Å². The van der Waals surface area contributed by atoms with Crippen molar-refractivity contribution in [2.45, 2.75) is 24.9 Å². The molecule has 8 heteroatoms. The van der Waals surface area contributed by atoms with E-state index in [0.717, 1.165) is 12.1 Å². The molecule has 0 amide bonds. The average molecular weight is 360 g/mol. The van der Waals surface area contributed by atoms with Crippen molar-refractivity contribution >= 4 is 26.0 Å². The van der Waals surface area contributed by atoms with Gasteiger partial charge in [0, 0.05) is 11.0 Å². The van der Waals surface area contributed by atoms with Gasteiger partial charge >= 0.3 is 6.18 Å². The number of hydrogen-bond acceptors (Lipinski definition) is 2. The molecular weight excluding hydrogens is 347 g/mol. The van der Waals surface area contributed by atoms with Gasteiger partial charge in [-0.3, -0.25) is 0 Å². The summed E-state index contributed by atoms with van der Waals surface area (Å²) in [5.41, 5.74) is -1.01. The third kappa shape index (κ3) is 4.77. The van der Waals surface area contributed by atoms with Gasteiger partial charge in [0.2, 0.25) is 10.0 Å². The number of halogens is 4. The summed E-state index contributed by atoms with van der Waals surface area (Å²) >= 11 is 2.89. The van der Waals surface area contributed by atoms with Crippen LogP contribution in [0.5, 0.6) is 0 Å². The largest absolute Gasteiger partial charge is 0.416 e. The normalized spacial score (nSPS) is 13.0. The van der Waals surface area contributed by atoms with Gasteiger partial charge in [-0.05, 0) is 24.1 Å². The van der Waals surface area contributed by atoms with Crippen LogP contribution in [0, 0.1) is 5.92 Å². The molecule has 0 saturated carbocycles. The highest BCUT2D eigenvalue weighted by atomic mass is 79.9. The van der Waals surface area contributed by atoms with Crippen molar-refractivity contribution in [3.05, 3.63) is 28.2 Å². The zero-order chi connectivity index (χ0) is 14.8. The van der Waals surface area contributed by atoms with Crippen molar-refractivity contribution in [1.29, 1.82) is 0 Å². The van der Waals surface area contributed by atoms with Gasteiger partial charge in [0.05, 0.1) is 10.5 Å². The third-order valence-electron chi connectivity index (χ3n) is 2.19. The molecule has 0 aliphatic heterocycles. The Balaban J connectivity index is 3.17. The summed E-state index contributed by atoms with van der Waals surface area (Å²) in [4.78, 5) is -0.408. The summed E-state index contributed by atoms with van der Waals surface area (Å²) < 4.78 is 63.9. The highest BCUT2D eigenvalue weighted by Crippen LogP contribution is 2.33. The zero-order valence-electron chi connectivity index (χ0n) is 10.3. The molecule has 0 fully saturated rings. The first-order chi connectivity index (χ1) is 8.52. The fourth-order valence-corrected chi connectivity index (χ4v) is 3.17. The Morgan fingerprint density at radius 1 is 1.26 bits per heavy atom. The van der Waals surface area contributed by atoms with E-state index in [-0.39, 0.29) is 16.9 Å². The number of alkyl halides is 3. The Bertz CT molecular complexity index is 556. The molecule has 3 nitrogen and oxygen atoms in total. The molecule has 0 aromatic heterocycles. The third-order valence-corrected chi connectivity index (χ3v) is 4.05. The number of benzene rings is 1. The number of rotatable bonds is 4. The van der Waals surface area contributed by atoms with Gasteiger partial charge in [-0.2, -0.15) is 13.2 Å². The second-order valence-electron chi connectivity index (χ2n) is 4.42. The minimum atomic E-state index is -4.59. The van der Waals surface area contributed by atoms with Crippen molar-refractivity contribution in [3.63, 3.8) is 0 Å². The van der Waals surface area contributed by atoms with E-state index in [0.29, 0.717) is 6.07 Å². The molecule has 1 aromatic carbocycles. The summed E-state index contributed by atoms with van der Waals surface area (Å²) in [7, 11) is -3.94. The molecule has 0 radical (unpaired) electrons. The van der Waals surface area contributed by atoms with E-state index in [2.05, 4.69) is 20.7 Å². The lowest BCUT2D eigenvalue weighted by atomic mass is 10.2. The van der Waals surface area contributed by atoms with Crippen LogP contribution in [0.3, 0.4) is 0 Å². The molecule has 0 spiro atoms. The van der Waals surface area contributed by atoms with Crippen LogP contribution >= 0.6 is 15.9 Å². The summed E-state index contributed by atoms with van der Waals surface area (Å²) in [6.45, 7) is 3.76. The van der Waals surface area contributed by atoms with E-state index < -0.39 is 26.7 Å². The molecular formula is C11H13BrF3NO2S. The van der Waals surface area contributed by atoms with Gasteiger partial charge in [-0.1, -0.05) is 29.8 Å². The van der Waals surface area contributed by atoms with E-state index in [1.165, 1.54) is 0 Å². The first kappa shape index (κ1) is 16.5. The minimum absolute atomic E-state index is 0.0593. The second-order valence-corrected chi connectivity index (χ2v) is 7.10. The van der Waals surface area contributed by atoms with Crippen LogP contribution < -0.4 is 4.72 Å². The molecule has 0 atom stereocenters. The monoisotopic (exact) mass is 359 g/mol. The Hall–Kier alpha value is -0.600. The van der Waals surface area contributed by atoms with Crippen LogP contribution in [0.15, 0.2) is 27.6 Å². The van der Waals surface area contributed by atoms with Crippen LogP contribution in [0.4, 0.5) is 13.2 Å². The fraction of sp³-hybridized carbons (Fsp3) is 0.455.